The number of carbonyl (C=O) groups is 2. The number of thiocarbonyl (C=S) groups is 1. The molecule has 0 bridgehead atoms. The minimum absolute atomic E-state index is 0.0526. The van der Waals surface area contributed by atoms with Crippen LogP contribution in [-0.4, -0.2) is 41.8 Å². The van der Waals surface area contributed by atoms with Gasteiger partial charge in [0.1, 0.15) is 0 Å². The van der Waals surface area contributed by atoms with Crippen molar-refractivity contribution in [2.45, 2.75) is 45.4 Å². The van der Waals surface area contributed by atoms with Gasteiger partial charge in [-0.1, -0.05) is 37.9 Å². The first kappa shape index (κ1) is 16.9. The largest absolute Gasteiger partial charge is 0.392 e. The van der Waals surface area contributed by atoms with Crippen LogP contribution in [0.2, 0.25) is 0 Å². The Morgan fingerprint density at radius 2 is 1.80 bits per heavy atom. The zero-order valence-corrected chi connectivity index (χ0v) is 13.2. The number of carbonyl (C=O) groups excluding carboxylic acids is 2. The van der Waals surface area contributed by atoms with E-state index in [-0.39, 0.29) is 23.3 Å². The van der Waals surface area contributed by atoms with Crippen LogP contribution in [0.15, 0.2) is 0 Å². The molecule has 20 heavy (non-hydrogen) atoms. The van der Waals surface area contributed by atoms with Gasteiger partial charge in [0.15, 0.2) is 0 Å². The van der Waals surface area contributed by atoms with Crippen LogP contribution >= 0.6 is 12.2 Å². The van der Waals surface area contributed by atoms with Crippen LogP contribution in [-0.2, 0) is 9.59 Å². The van der Waals surface area contributed by atoms with Gasteiger partial charge in [-0.15, -0.1) is 0 Å². The summed E-state index contributed by atoms with van der Waals surface area (Å²) in [5.41, 5.74) is 5.13. The SMILES string of the molecule is CCNC(=O)CN(C)C(=O)C1(C(N)=S)CCCCCC1. The number of rotatable bonds is 5. The van der Waals surface area contributed by atoms with Crippen molar-refractivity contribution in [1.29, 1.82) is 0 Å². The van der Waals surface area contributed by atoms with Gasteiger partial charge in [0.05, 0.1) is 16.9 Å². The Morgan fingerprint density at radius 1 is 1.25 bits per heavy atom. The maximum absolute atomic E-state index is 12.7. The van der Waals surface area contributed by atoms with Crippen LogP contribution < -0.4 is 11.1 Å². The van der Waals surface area contributed by atoms with Gasteiger partial charge < -0.3 is 16.0 Å². The monoisotopic (exact) mass is 299 g/mol. The Hall–Kier alpha value is -1.17. The molecule has 0 radical (unpaired) electrons. The quantitative estimate of drug-likeness (QED) is 0.591. The number of nitrogens with two attached hydrogens (primary N) is 1. The molecule has 0 atom stereocenters. The maximum atomic E-state index is 12.7. The fourth-order valence-corrected chi connectivity index (χ4v) is 3.09. The van der Waals surface area contributed by atoms with E-state index in [2.05, 4.69) is 5.32 Å². The second-order valence-corrected chi connectivity index (χ2v) is 5.92. The highest BCUT2D eigenvalue weighted by Crippen LogP contribution is 2.37. The number of nitrogens with one attached hydrogen (secondary N) is 1. The van der Waals surface area contributed by atoms with Gasteiger partial charge in [0.2, 0.25) is 11.8 Å². The molecule has 114 valence electrons. The molecule has 0 spiro atoms. The molecule has 0 aromatic rings. The molecular weight excluding hydrogens is 274 g/mol. The van der Waals surface area contributed by atoms with Gasteiger partial charge in [-0.05, 0) is 19.8 Å². The Morgan fingerprint density at radius 3 is 2.25 bits per heavy atom. The Bertz CT molecular complexity index is 377. The summed E-state index contributed by atoms with van der Waals surface area (Å²) in [4.78, 5) is 26.1. The predicted octanol–water partition coefficient (Wildman–Crippen LogP) is 1.21. The fraction of sp³-hybridized carbons (Fsp3) is 0.786. The van der Waals surface area contributed by atoms with Gasteiger partial charge in [-0.2, -0.15) is 0 Å². The van der Waals surface area contributed by atoms with Crippen molar-refractivity contribution >= 4 is 29.0 Å². The third kappa shape index (κ3) is 3.91. The second kappa shape index (κ2) is 7.57. The summed E-state index contributed by atoms with van der Waals surface area (Å²) >= 11 is 5.18. The Balaban J connectivity index is 2.82. The van der Waals surface area contributed by atoms with Crippen molar-refractivity contribution < 1.29 is 9.59 Å². The highest BCUT2D eigenvalue weighted by Gasteiger charge is 2.43. The molecule has 0 aliphatic heterocycles. The minimum atomic E-state index is -0.757. The van der Waals surface area contributed by atoms with Crippen LogP contribution in [0.25, 0.3) is 0 Å². The number of hydrogen-bond donors (Lipinski definition) is 2. The molecule has 1 fully saturated rings. The van der Waals surface area contributed by atoms with Crippen molar-refractivity contribution in [2.75, 3.05) is 20.1 Å². The lowest BCUT2D eigenvalue weighted by atomic mass is 9.79. The molecule has 5 nitrogen and oxygen atoms in total. The maximum Gasteiger partial charge on any atom is 0.239 e. The average Bonchev–Trinajstić information content (AvgIpc) is 2.64. The van der Waals surface area contributed by atoms with Crippen LogP contribution in [0.1, 0.15) is 45.4 Å². The van der Waals surface area contributed by atoms with Gasteiger partial charge in [-0.25, -0.2) is 0 Å². The minimum Gasteiger partial charge on any atom is -0.392 e. The molecule has 1 rings (SSSR count). The van der Waals surface area contributed by atoms with Crippen molar-refractivity contribution in [3.8, 4) is 0 Å². The van der Waals surface area contributed by atoms with Gasteiger partial charge >= 0.3 is 0 Å². The van der Waals surface area contributed by atoms with E-state index in [0.717, 1.165) is 25.7 Å². The topological polar surface area (TPSA) is 75.4 Å². The summed E-state index contributed by atoms with van der Waals surface area (Å²) < 4.78 is 0. The first-order valence-electron chi connectivity index (χ1n) is 7.26. The second-order valence-electron chi connectivity index (χ2n) is 5.48. The molecule has 3 N–H and O–H groups in total. The molecule has 1 saturated carbocycles. The van der Waals surface area contributed by atoms with Crippen molar-refractivity contribution in [2.24, 2.45) is 11.1 Å². The molecule has 0 heterocycles. The van der Waals surface area contributed by atoms with Crippen LogP contribution in [0.4, 0.5) is 0 Å². The Kier molecular flexibility index (Phi) is 6.39. The van der Waals surface area contributed by atoms with E-state index in [1.165, 1.54) is 4.90 Å². The van der Waals surface area contributed by atoms with E-state index in [4.69, 9.17) is 18.0 Å². The van der Waals surface area contributed by atoms with E-state index in [9.17, 15) is 9.59 Å². The standard InChI is InChI=1S/C14H25N3O2S/c1-3-16-11(18)10-17(2)13(19)14(12(15)20)8-6-4-5-7-9-14/h3-10H2,1-2H3,(H2,15,20)(H,16,18). The smallest absolute Gasteiger partial charge is 0.239 e. The third-order valence-corrected chi connectivity index (χ3v) is 4.33. The fourth-order valence-electron chi connectivity index (χ4n) is 2.80. The number of hydrogen-bond acceptors (Lipinski definition) is 3. The van der Waals surface area contributed by atoms with E-state index in [0.29, 0.717) is 19.4 Å². The van der Waals surface area contributed by atoms with Crippen LogP contribution in [0, 0.1) is 5.41 Å². The van der Waals surface area contributed by atoms with Crippen molar-refractivity contribution in [3.63, 3.8) is 0 Å². The predicted molar refractivity (Wildman–Crippen MR) is 83.2 cm³/mol. The molecule has 1 aliphatic carbocycles. The molecule has 2 amide bonds. The molecule has 0 unspecified atom stereocenters. The third-order valence-electron chi connectivity index (χ3n) is 3.94. The number of likely N-dealkylation sites (N-methyl/N-ethyl adjacent to an activating group) is 2. The lowest BCUT2D eigenvalue weighted by molar-refractivity contribution is -0.140. The summed E-state index contributed by atoms with van der Waals surface area (Å²) in [6, 6.07) is 0. The summed E-state index contributed by atoms with van der Waals surface area (Å²) in [5, 5.41) is 2.69. The molecular formula is C14H25N3O2S. The summed E-state index contributed by atoms with van der Waals surface area (Å²) in [6.45, 7) is 2.46. The van der Waals surface area contributed by atoms with Crippen LogP contribution in [0.5, 0.6) is 0 Å². The van der Waals surface area contributed by atoms with Gasteiger partial charge in [-0.3, -0.25) is 9.59 Å². The zero-order valence-electron chi connectivity index (χ0n) is 12.4. The van der Waals surface area contributed by atoms with E-state index in [1.807, 2.05) is 6.92 Å². The summed E-state index contributed by atoms with van der Waals surface area (Å²) in [5.74, 6) is -0.270. The Labute approximate surface area is 126 Å². The molecule has 0 aromatic heterocycles. The number of amides is 2. The zero-order chi connectivity index (χ0) is 15.2. The van der Waals surface area contributed by atoms with Crippen molar-refractivity contribution in [3.05, 3.63) is 0 Å². The van der Waals surface area contributed by atoms with E-state index >= 15 is 0 Å². The molecule has 6 heteroatoms. The molecule has 0 aromatic carbocycles. The van der Waals surface area contributed by atoms with E-state index in [1.54, 1.807) is 7.05 Å². The molecule has 1 aliphatic rings. The van der Waals surface area contributed by atoms with Gasteiger partial charge in [0, 0.05) is 13.6 Å². The lowest BCUT2D eigenvalue weighted by Crippen LogP contribution is -2.51. The highest BCUT2D eigenvalue weighted by atomic mass is 32.1. The summed E-state index contributed by atoms with van der Waals surface area (Å²) in [7, 11) is 1.64. The number of nitrogens with zero attached hydrogens (tertiary/aromatic N) is 1. The lowest BCUT2D eigenvalue weighted by Gasteiger charge is -2.34. The summed E-state index contributed by atoms with van der Waals surface area (Å²) in [6.07, 6.45) is 5.52. The molecule has 0 saturated heterocycles. The highest BCUT2D eigenvalue weighted by molar-refractivity contribution is 7.80. The van der Waals surface area contributed by atoms with Crippen molar-refractivity contribution in [1.82, 2.24) is 10.2 Å². The first-order chi connectivity index (χ1) is 9.44. The van der Waals surface area contributed by atoms with E-state index < -0.39 is 5.41 Å². The average molecular weight is 299 g/mol. The first-order valence-corrected chi connectivity index (χ1v) is 7.67. The van der Waals surface area contributed by atoms with Crippen LogP contribution in [0.3, 0.4) is 0 Å². The normalized spacial score (nSPS) is 17.9. The van der Waals surface area contributed by atoms with Gasteiger partial charge in [0.25, 0.3) is 0 Å².